The number of nitrogens with one attached hydrogen (secondary N) is 3. The number of hydrogen-bond acceptors (Lipinski definition) is 4. The van der Waals surface area contributed by atoms with Gasteiger partial charge in [0.15, 0.2) is 0 Å². The Morgan fingerprint density at radius 2 is 2.04 bits per heavy atom. The van der Waals surface area contributed by atoms with Crippen molar-refractivity contribution in [2.75, 3.05) is 17.7 Å². The third kappa shape index (κ3) is 4.30. The number of rotatable bonds is 5. The first-order chi connectivity index (χ1) is 10.9. The van der Waals surface area contributed by atoms with Gasteiger partial charge in [-0.3, -0.25) is 14.3 Å². The molecule has 0 saturated carbocycles. The Labute approximate surface area is 139 Å². The molecule has 0 saturated heterocycles. The molecule has 0 fully saturated rings. The van der Waals surface area contributed by atoms with Crippen molar-refractivity contribution in [2.45, 2.75) is 13.0 Å². The fourth-order valence-electron chi connectivity index (χ4n) is 2.14. The molecule has 2 rings (SSSR count). The van der Waals surface area contributed by atoms with Crippen LogP contribution in [0.15, 0.2) is 30.6 Å². The summed E-state index contributed by atoms with van der Waals surface area (Å²) >= 11 is 6.01. The van der Waals surface area contributed by atoms with Gasteiger partial charge < -0.3 is 16.0 Å². The van der Waals surface area contributed by atoms with Crippen molar-refractivity contribution >= 4 is 34.8 Å². The fourth-order valence-corrected chi connectivity index (χ4v) is 2.31. The summed E-state index contributed by atoms with van der Waals surface area (Å²) in [5, 5.41) is 12.8. The molecule has 0 aliphatic rings. The molecule has 1 aromatic carbocycles. The third-order valence-electron chi connectivity index (χ3n) is 3.15. The molecule has 7 nitrogen and oxygen atoms in total. The van der Waals surface area contributed by atoms with Crippen LogP contribution in [0.5, 0.6) is 0 Å². The first-order valence-electron chi connectivity index (χ1n) is 6.94. The minimum Gasteiger partial charge on any atom is -0.325 e. The van der Waals surface area contributed by atoms with Gasteiger partial charge in [0.1, 0.15) is 6.04 Å². The number of benzene rings is 1. The predicted molar refractivity (Wildman–Crippen MR) is 89.4 cm³/mol. The molecule has 0 spiro atoms. The molecule has 122 valence electrons. The zero-order chi connectivity index (χ0) is 17.0. The highest BCUT2D eigenvalue weighted by Crippen LogP contribution is 2.26. The van der Waals surface area contributed by atoms with Gasteiger partial charge in [0.05, 0.1) is 16.9 Å². The lowest BCUT2D eigenvalue weighted by atomic mass is 10.1. The van der Waals surface area contributed by atoms with Gasteiger partial charge in [0.2, 0.25) is 11.8 Å². The lowest BCUT2D eigenvalue weighted by Crippen LogP contribution is -2.30. The first-order valence-corrected chi connectivity index (χ1v) is 7.32. The molecule has 0 aliphatic heterocycles. The fraction of sp³-hybridized carbons (Fsp3) is 0.267. The molecule has 0 radical (unpaired) electrons. The zero-order valence-corrected chi connectivity index (χ0v) is 13.8. The molecule has 8 heteroatoms. The maximum absolute atomic E-state index is 12.4. The number of halogens is 1. The standard InChI is InChI=1S/C15H18ClN5O2/c1-9(22)19-13-6-11(4-5-12(13)16)20-15(23)14(17-2)10-7-18-21(3)8-10/h4-8,14,17H,1-3H3,(H,19,22)(H,20,23). The van der Waals surface area contributed by atoms with Crippen molar-refractivity contribution in [3.63, 3.8) is 0 Å². The summed E-state index contributed by atoms with van der Waals surface area (Å²) in [6, 6.07) is 4.35. The number of carbonyl (C=O) groups excluding carboxylic acids is 2. The Hall–Kier alpha value is -2.38. The Morgan fingerprint density at radius 3 is 2.61 bits per heavy atom. The van der Waals surface area contributed by atoms with E-state index in [1.54, 1.807) is 49.4 Å². The van der Waals surface area contributed by atoms with E-state index in [1.165, 1.54) is 6.92 Å². The first kappa shape index (κ1) is 17.0. The number of amides is 2. The number of anilines is 2. The minimum atomic E-state index is -0.538. The molecule has 1 unspecified atom stereocenters. The predicted octanol–water partition coefficient (Wildman–Crippen LogP) is 1.93. The van der Waals surface area contributed by atoms with E-state index >= 15 is 0 Å². The quantitative estimate of drug-likeness (QED) is 0.779. The van der Waals surface area contributed by atoms with E-state index in [0.29, 0.717) is 16.4 Å². The van der Waals surface area contributed by atoms with Gasteiger partial charge in [0, 0.05) is 31.4 Å². The number of carbonyl (C=O) groups is 2. The lowest BCUT2D eigenvalue weighted by molar-refractivity contribution is -0.118. The van der Waals surface area contributed by atoms with Crippen LogP contribution in [0, 0.1) is 0 Å². The Kier molecular flexibility index (Phi) is 5.36. The van der Waals surface area contributed by atoms with E-state index in [4.69, 9.17) is 11.6 Å². The summed E-state index contributed by atoms with van der Waals surface area (Å²) in [4.78, 5) is 23.6. The van der Waals surface area contributed by atoms with Gasteiger partial charge in [-0.1, -0.05) is 11.6 Å². The number of hydrogen-bond donors (Lipinski definition) is 3. The Balaban J connectivity index is 2.17. The van der Waals surface area contributed by atoms with E-state index in [9.17, 15) is 9.59 Å². The summed E-state index contributed by atoms with van der Waals surface area (Å²) in [6.07, 6.45) is 3.40. The van der Waals surface area contributed by atoms with Crippen LogP contribution in [0.3, 0.4) is 0 Å². The monoisotopic (exact) mass is 335 g/mol. The Morgan fingerprint density at radius 1 is 1.30 bits per heavy atom. The summed E-state index contributed by atoms with van der Waals surface area (Å²) in [6.45, 7) is 1.39. The second-order valence-electron chi connectivity index (χ2n) is 5.03. The highest BCUT2D eigenvalue weighted by Gasteiger charge is 2.20. The molecule has 3 N–H and O–H groups in total. The SMILES string of the molecule is CNC(C(=O)Nc1ccc(Cl)c(NC(C)=O)c1)c1cnn(C)c1. The second-order valence-corrected chi connectivity index (χ2v) is 5.44. The Bertz CT molecular complexity index is 728. The topological polar surface area (TPSA) is 88.1 Å². The van der Waals surface area contributed by atoms with Crippen LogP contribution < -0.4 is 16.0 Å². The van der Waals surface area contributed by atoms with E-state index in [2.05, 4.69) is 21.0 Å². The summed E-state index contributed by atoms with van der Waals surface area (Å²) in [5.74, 6) is -0.476. The van der Waals surface area contributed by atoms with Crippen molar-refractivity contribution in [3.05, 3.63) is 41.2 Å². The van der Waals surface area contributed by atoms with Crippen molar-refractivity contribution in [2.24, 2.45) is 7.05 Å². The molecule has 2 amide bonds. The average Bonchev–Trinajstić information content (AvgIpc) is 2.89. The molecule has 1 aromatic heterocycles. The summed E-state index contributed by atoms with van der Waals surface area (Å²) < 4.78 is 1.63. The highest BCUT2D eigenvalue weighted by molar-refractivity contribution is 6.33. The summed E-state index contributed by atoms with van der Waals surface area (Å²) in [5.41, 5.74) is 1.73. The van der Waals surface area contributed by atoms with E-state index in [-0.39, 0.29) is 11.8 Å². The van der Waals surface area contributed by atoms with Crippen LogP contribution in [-0.2, 0) is 16.6 Å². The van der Waals surface area contributed by atoms with Gasteiger partial charge in [-0.2, -0.15) is 5.10 Å². The van der Waals surface area contributed by atoms with Gasteiger partial charge in [0.25, 0.3) is 0 Å². The molecule has 1 heterocycles. The van der Waals surface area contributed by atoms with E-state index < -0.39 is 6.04 Å². The lowest BCUT2D eigenvalue weighted by Gasteiger charge is -2.15. The highest BCUT2D eigenvalue weighted by atomic mass is 35.5. The van der Waals surface area contributed by atoms with Crippen molar-refractivity contribution in [3.8, 4) is 0 Å². The van der Waals surface area contributed by atoms with Gasteiger partial charge in [-0.25, -0.2) is 0 Å². The molecular weight excluding hydrogens is 318 g/mol. The van der Waals surface area contributed by atoms with Gasteiger partial charge >= 0.3 is 0 Å². The van der Waals surface area contributed by atoms with Crippen LogP contribution >= 0.6 is 11.6 Å². The number of aromatic nitrogens is 2. The normalized spacial score (nSPS) is 11.8. The number of likely N-dealkylation sites (N-methyl/N-ethyl adjacent to an activating group) is 1. The van der Waals surface area contributed by atoms with E-state index in [0.717, 1.165) is 5.56 Å². The van der Waals surface area contributed by atoms with Crippen LogP contribution in [0.2, 0.25) is 5.02 Å². The van der Waals surface area contributed by atoms with Crippen LogP contribution in [0.25, 0.3) is 0 Å². The average molecular weight is 336 g/mol. The van der Waals surface area contributed by atoms with Crippen molar-refractivity contribution < 1.29 is 9.59 Å². The molecule has 2 aromatic rings. The smallest absolute Gasteiger partial charge is 0.246 e. The number of aryl methyl sites for hydroxylation is 1. The minimum absolute atomic E-state index is 0.237. The zero-order valence-electron chi connectivity index (χ0n) is 13.1. The van der Waals surface area contributed by atoms with Crippen molar-refractivity contribution in [1.29, 1.82) is 0 Å². The maximum Gasteiger partial charge on any atom is 0.246 e. The number of nitrogens with zero attached hydrogens (tertiary/aromatic N) is 2. The van der Waals surface area contributed by atoms with Crippen LogP contribution in [-0.4, -0.2) is 28.6 Å². The van der Waals surface area contributed by atoms with Crippen molar-refractivity contribution in [1.82, 2.24) is 15.1 Å². The largest absolute Gasteiger partial charge is 0.325 e. The third-order valence-corrected chi connectivity index (χ3v) is 3.48. The molecular formula is C15H18ClN5O2. The maximum atomic E-state index is 12.4. The van der Waals surface area contributed by atoms with Gasteiger partial charge in [-0.05, 0) is 25.2 Å². The van der Waals surface area contributed by atoms with Crippen LogP contribution in [0.1, 0.15) is 18.5 Å². The molecule has 0 aliphatic carbocycles. The summed E-state index contributed by atoms with van der Waals surface area (Å²) in [7, 11) is 3.48. The molecule has 23 heavy (non-hydrogen) atoms. The molecule has 1 atom stereocenters. The molecule has 0 bridgehead atoms. The second kappa shape index (κ2) is 7.26. The van der Waals surface area contributed by atoms with Crippen LogP contribution in [0.4, 0.5) is 11.4 Å². The van der Waals surface area contributed by atoms with Gasteiger partial charge in [-0.15, -0.1) is 0 Å². The van der Waals surface area contributed by atoms with E-state index in [1.807, 2.05) is 0 Å².